The van der Waals surface area contributed by atoms with Gasteiger partial charge >= 0.3 is 53.6 Å². The highest BCUT2D eigenvalue weighted by molar-refractivity contribution is 7.97. The predicted octanol–water partition coefficient (Wildman–Crippen LogP) is 5.71. The van der Waals surface area contributed by atoms with Gasteiger partial charge in [0.25, 0.3) is 0 Å². The predicted molar refractivity (Wildman–Crippen MR) is 73.4 cm³/mol. The number of alkyl halides is 17. The standard InChI is InChI=1S/C12H8F17NO2S/c13-5(14,1-2-33-30-3-4(31)32)6(15,16)7(17,18)8(19,20)9(21,22)10(23,24)11(25,26)12(27,28)29/h30H,1-3H2,(H,31,32). The van der Waals surface area contributed by atoms with Gasteiger partial charge in [-0.25, -0.2) is 0 Å². The van der Waals surface area contributed by atoms with E-state index in [0.717, 1.165) is 0 Å². The molecule has 0 unspecified atom stereocenters. The molecule has 0 radical (unpaired) electrons. The molecule has 0 fully saturated rings. The van der Waals surface area contributed by atoms with Crippen molar-refractivity contribution in [1.82, 2.24) is 4.72 Å². The van der Waals surface area contributed by atoms with Gasteiger partial charge < -0.3 is 5.11 Å². The van der Waals surface area contributed by atoms with Crippen LogP contribution in [0.3, 0.4) is 0 Å². The lowest BCUT2D eigenvalue weighted by molar-refractivity contribution is -0.461. The van der Waals surface area contributed by atoms with Crippen molar-refractivity contribution in [2.45, 2.75) is 54.1 Å². The average Bonchev–Trinajstić information content (AvgIpc) is 2.58. The van der Waals surface area contributed by atoms with Gasteiger partial charge in [-0.3, -0.25) is 9.52 Å². The van der Waals surface area contributed by atoms with Crippen LogP contribution in [0.1, 0.15) is 6.42 Å². The lowest BCUT2D eigenvalue weighted by Crippen LogP contribution is -2.74. The van der Waals surface area contributed by atoms with Crippen molar-refractivity contribution in [2.75, 3.05) is 12.3 Å². The van der Waals surface area contributed by atoms with E-state index in [1.54, 1.807) is 4.72 Å². The molecule has 0 aliphatic carbocycles. The summed E-state index contributed by atoms with van der Waals surface area (Å²) in [5.41, 5.74) is 0. The molecule has 0 aromatic heterocycles. The monoisotopic (exact) mass is 553 g/mol. The first-order valence-electron chi connectivity index (χ1n) is 7.44. The van der Waals surface area contributed by atoms with Crippen LogP contribution in [0.25, 0.3) is 0 Å². The van der Waals surface area contributed by atoms with Crippen molar-refractivity contribution in [1.29, 1.82) is 0 Å². The van der Waals surface area contributed by atoms with E-state index in [0.29, 0.717) is 0 Å². The molecule has 198 valence electrons. The van der Waals surface area contributed by atoms with Crippen molar-refractivity contribution in [2.24, 2.45) is 0 Å². The summed E-state index contributed by atoms with van der Waals surface area (Å²) in [6.45, 7) is -1.05. The summed E-state index contributed by atoms with van der Waals surface area (Å²) in [6, 6.07) is 0. The van der Waals surface area contributed by atoms with Crippen LogP contribution in [0.15, 0.2) is 0 Å². The number of aliphatic carboxylic acids is 1. The van der Waals surface area contributed by atoms with Crippen LogP contribution in [-0.4, -0.2) is 71.0 Å². The molecule has 0 heterocycles. The first kappa shape index (κ1) is 31.6. The second-order valence-electron chi connectivity index (χ2n) is 5.96. The van der Waals surface area contributed by atoms with Crippen molar-refractivity contribution in [3.8, 4) is 0 Å². The largest absolute Gasteiger partial charge is 0.480 e. The highest BCUT2D eigenvalue weighted by Gasteiger charge is 2.95. The fraction of sp³-hybridized carbons (Fsp3) is 0.917. The molecule has 21 heteroatoms. The number of carboxylic acid groups (broad SMARTS) is 1. The van der Waals surface area contributed by atoms with Crippen LogP contribution in [0.2, 0.25) is 0 Å². The number of rotatable bonds is 12. The number of nitrogens with one attached hydrogen (secondary N) is 1. The highest BCUT2D eigenvalue weighted by atomic mass is 32.2. The molecule has 0 bridgehead atoms. The second kappa shape index (κ2) is 8.99. The second-order valence-corrected chi connectivity index (χ2v) is 6.95. The van der Waals surface area contributed by atoms with E-state index >= 15 is 0 Å². The summed E-state index contributed by atoms with van der Waals surface area (Å²) in [5, 5.41) is 8.17. The lowest BCUT2D eigenvalue weighted by Gasteiger charge is -2.42. The Kier molecular flexibility index (Phi) is 8.60. The Morgan fingerprint density at radius 1 is 0.606 bits per heavy atom. The zero-order valence-electron chi connectivity index (χ0n) is 14.8. The molecule has 0 aliphatic rings. The zero-order chi connectivity index (χ0) is 27.1. The lowest BCUT2D eigenvalue weighted by atomic mass is 9.88. The fourth-order valence-corrected chi connectivity index (χ4v) is 2.45. The van der Waals surface area contributed by atoms with E-state index in [1.807, 2.05) is 0 Å². The third kappa shape index (κ3) is 5.02. The van der Waals surface area contributed by atoms with Gasteiger partial charge in [-0.05, 0) is 0 Å². The zero-order valence-corrected chi connectivity index (χ0v) is 15.6. The van der Waals surface area contributed by atoms with E-state index in [1.165, 1.54) is 0 Å². The van der Waals surface area contributed by atoms with Gasteiger partial charge in [-0.1, -0.05) is 11.9 Å². The smallest absolute Gasteiger partial charge is 0.460 e. The first-order valence-corrected chi connectivity index (χ1v) is 8.43. The normalized spacial score (nSPS) is 15.7. The molecule has 3 nitrogen and oxygen atoms in total. The van der Waals surface area contributed by atoms with Crippen LogP contribution in [-0.2, 0) is 4.79 Å². The Hall–Kier alpha value is -1.41. The molecule has 0 atom stereocenters. The van der Waals surface area contributed by atoms with Crippen LogP contribution in [0.5, 0.6) is 0 Å². The minimum Gasteiger partial charge on any atom is -0.480 e. The maximum atomic E-state index is 13.5. The van der Waals surface area contributed by atoms with Crippen LogP contribution >= 0.6 is 11.9 Å². The van der Waals surface area contributed by atoms with E-state index in [4.69, 9.17) is 5.11 Å². The maximum Gasteiger partial charge on any atom is 0.460 e. The Balaban J connectivity index is 6.19. The Bertz CT molecular complexity index is 705. The van der Waals surface area contributed by atoms with Gasteiger partial charge in [0.15, 0.2) is 0 Å². The third-order valence-corrected chi connectivity index (χ3v) is 4.39. The van der Waals surface area contributed by atoms with E-state index < -0.39 is 72.3 Å². The summed E-state index contributed by atoms with van der Waals surface area (Å²) < 4.78 is 223. The Labute approximate surface area is 174 Å². The van der Waals surface area contributed by atoms with Gasteiger partial charge in [0.05, 0.1) is 0 Å². The number of carboxylic acids is 1. The van der Waals surface area contributed by atoms with Gasteiger partial charge in [0, 0.05) is 12.2 Å². The number of carbonyl (C=O) groups is 1. The molecule has 0 saturated heterocycles. The Morgan fingerprint density at radius 2 is 0.939 bits per heavy atom. The van der Waals surface area contributed by atoms with Crippen molar-refractivity contribution >= 4 is 17.9 Å². The quantitative estimate of drug-likeness (QED) is 0.185. The van der Waals surface area contributed by atoms with Crippen molar-refractivity contribution in [3.05, 3.63) is 0 Å². The van der Waals surface area contributed by atoms with Gasteiger partial charge in [-0.2, -0.15) is 74.6 Å². The highest BCUT2D eigenvalue weighted by Crippen LogP contribution is 2.64. The minimum absolute atomic E-state index is 0.210. The number of hydrogen-bond donors (Lipinski definition) is 2. The number of hydrogen-bond acceptors (Lipinski definition) is 3. The van der Waals surface area contributed by atoms with E-state index in [9.17, 15) is 79.4 Å². The average molecular weight is 553 g/mol. The summed E-state index contributed by atoms with van der Waals surface area (Å²) >= 11 is -0.210. The first-order chi connectivity index (χ1) is 14.2. The van der Waals surface area contributed by atoms with E-state index in [2.05, 4.69) is 0 Å². The fourth-order valence-electron chi connectivity index (χ4n) is 1.72. The van der Waals surface area contributed by atoms with E-state index in [-0.39, 0.29) is 11.9 Å². The molecular weight excluding hydrogens is 545 g/mol. The van der Waals surface area contributed by atoms with Gasteiger partial charge in [0.2, 0.25) is 0 Å². The minimum atomic E-state index is -8.65. The van der Waals surface area contributed by atoms with Gasteiger partial charge in [-0.15, -0.1) is 0 Å². The van der Waals surface area contributed by atoms with Crippen LogP contribution in [0.4, 0.5) is 74.6 Å². The molecule has 0 spiro atoms. The molecule has 0 aromatic rings. The van der Waals surface area contributed by atoms with Crippen LogP contribution in [0, 0.1) is 0 Å². The molecule has 0 aliphatic heterocycles. The summed E-state index contributed by atoms with van der Waals surface area (Å²) in [5.74, 6) is -59.7. The summed E-state index contributed by atoms with van der Waals surface area (Å²) in [7, 11) is 0. The molecule has 0 aromatic carbocycles. The summed E-state index contributed by atoms with van der Waals surface area (Å²) in [6.07, 6.45) is -10.4. The van der Waals surface area contributed by atoms with Crippen molar-refractivity contribution < 1.29 is 84.5 Å². The maximum absolute atomic E-state index is 13.5. The summed E-state index contributed by atoms with van der Waals surface area (Å²) in [4.78, 5) is 10.1. The SMILES string of the molecule is O=C(O)CNSCCC(F)(F)C(F)(F)C(F)(F)C(F)(F)C(F)(F)C(F)(F)C(F)(F)C(F)(F)F. The molecule has 2 N–H and O–H groups in total. The van der Waals surface area contributed by atoms with Crippen LogP contribution < -0.4 is 4.72 Å². The topological polar surface area (TPSA) is 49.3 Å². The molecule has 0 rings (SSSR count). The van der Waals surface area contributed by atoms with Crippen molar-refractivity contribution in [3.63, 3.8) is 0 Å². The molecule has 0 amide bonds. The van der Waals surface area contributed by atoms with Gasteiger partial charge in [0.1, 0.15) is 6.54 Å². The third-order valence-electron chi connectivity index (χ3n) is 3.63. The Morgan fingerprint density at radius 3 is 1.27 bits per heavy atom. The molecule has 33 heavy (non-hydrogen) atoms. The molecular formula is C12H8F17NO2S. The number of halogens is 17. The molecule has 0 saturated carbocycles.